The Labute approximate surface area is 247 Å². The first-order valence-electron chi connectivity index (χ1n) is 12.2. The van der Waals surface area contributed by atoms with Gasteiger partial charge in [-0.15, -0.1) is 0 Å². The lowest BCUT2D eigenvalue weighted by Crippen LogP contribution is -2.37. The molecular weight excluding hydrogens is 685 g/mol. The summed E-state index contributed by atoms with van der Waals surface area (Å²) in [5, 5.41) is 40.7. The molecule has 2 aromatic rings. The SMILES string of the molecule is O=c1ccn([C@@H]2O[C@H](COP(=O)(O)OP(=O)(O)OP(=O)(O)OC[C@@H]3O[C@@H](n4ccc(=O)[nH]c4=O)C(O)[C@@H]3O)[C@H](O)C2O)c(=O)[nH]1. The molecule has 0 amide bonds. The van der Waals surface area contributed by atoms with E-state index in [1.54, 1.807) is 0 Å². The number of hydrogen-bond acceptors (Lipinski definition) is 17. The van der Waals surface area contributed by atoms with Crippen molar-refractivity contribution in [1.82, 2.24) is 19.1 Å². The Hall–Kier alpha value is -2.47. The number of ether oxygens (including phenoxy) is 2. The van der Waals surface area contributed by atoms with Crippen molar-refractivity contribution in [2.75, 3.05) is 13.2 Å². The van der Waals surface area contributed by atoms with Crippen molar-refractivity contribution in [1.29, 1.82) is 0 Å². The first kappa shape index (κ1) is 35.4. The van der Waals surface area contributed by atoms with Crippen LogP contribution in [0.3, 0.4) is 0 Å². The Morgan fingerprint density at radius 2 is 1.00 bits per heavy atom. The highest BCUT2D eigenvalue weighted by Crippen LogP contribution is 2.67. The van der Waals surface area contributed by atoms with Crippen LogP contribution in [0.2, 0.25) is 0 Å². The molecule has 2 aliphatic heterocycles. The van der Waals surface area contributed by atoms with Crippen LogP contribution in [0.15, 0.2) is 43.7 Å². The van der Waals surface area contributed by atoms with Crippen LogP contribution in [0.1, 0.15) is 12.5 Å². The predicted octanol–water partition coefficient (Wildman–Crippen LogP) is -4.31. The van der Waals surface area contributed by atoms with Crippen molar-refractivity contribution < 1.29 is 75.9 Å². The number of hydrogen-bond donors (Lipinski definition) is 9. The summed E-state index contributed by atoms with van der Waals surface area (Å²) in [7, 11) is -17.4. The number of nitrogens with zero attached hydrogens (tertiary/aromatic N) is 2. The van der Waals surface area contributed by atoms with Gasteiger partial charge in [0.25, 0.3) is 11.1 Å². The molecule has 0 bridgehead atoms. The number of aromatic amines is 2. The van der Waals surface area contributed by atoms with Gasteiger partial charge in [-0.1, -0.05) is 0 Å². The van der Waals surface area contributed by atoms with Gasteiger partial charge < -0.3 is 44.6 Å². The molecule has 252 valence electrons. The van der Waals surface area contributed by atoms with Crippen LogP contribution < -0.4 is 22.5 Å². The van der Waals surface area contributed by atoms with Crippen molar-refractivity contribution in [2.45, 2.75) is 49.1 Å². The Bertz CT molecular complexity index is 1650. The topological polar surface area (TPSA) is 358 Å². The van der Waals surface area contributed by atoms with Crippen LogP contribution in [-0.2, 0) is 40.8 Å². The Morgan fingerprint density at radius 1 is 0.644 bits per heavy atom. The molecule has 11 atom stereocenters. The second-order valence-corrected chi connectivity index (χ2v) is 13.9. The number of H-pyrrole nitrogens is 2. The minimum absolute atomic E-state index is 0.679. The second kappa shape index (κ2) is 13.3. The van der Waals surface area contributed by atoms with Crippen molar-refractivity contribution in [3.8, 4) is 0 Å². The summed E-state index contributed by atoms with van der Waals surface area (Å²) in [4.78, 5) is 79.5. The molecule has 24 nitrogen and oxygen atoms in total. The van der Waals surface area contributed by atoms with Crippen LogP contribution in [0.4, 0.5) is 0 Å². The number of aromatic nitrogens is 4. The maximum atomic E-state index is 12.2. The third-order valence-electron chi connectivity index (χ3n) is 6.14. The maximum Gasteiger partial charge on any atom is 0.490 e. The van der Waals surface area contributed by atoms with Gasteiger partial charge in [-0.05, 0) is 0 Å². The summed E-state index contributed by atoms with van der Waals surface area (Å²) in [6.07, 6.45) is -12.1. The van der Waals surface area contributed by atoms with E-state index in [2.05, 4.69) is 17.7 Å². The minimum atomic E-state index is -6.00. The Balaban J connectivity index is 1.31. The summed E-state index contributed by atoms with van der Waals surface area (Å²) < 4.78 is 65.2. The quantitative estimate of drug-likeness (QED) is 0.0940. The molecule has 4 heterocycles. The van der Waals surface area contributed by atoms with E-state index in [0.29, 0.717) is 9.13 Å². The average Bonchev–Trinajstić information content (AvgIpc) is 3.35. The standard InChI is InChI=1S/C18H25N4O20P3/c23-9-1-3-21(17(29)19-9)15-13(27)11(25)7(39-15)5-37-43(31,32)41-45(35,36)42-44(33,34)38-6-8-12(26)14(28)16(40-8)22-4-2-10(24)20-18(22)30/h1-4,7-8,11-16,25-28H,5-6H2,(H,31,32)(H,33,34)(H,35,36)(H,19,23,29)(H,20,24,30)/t7-,8+,11+,12-,13?,14?,15-,16-/m1/s1. The van der Waals surface area contributed by atoms with E-state index in [1.165, 1.54) is 0 Å². The molecule has 2 aromatic heterocycles. The van der Waals surface area contributed by atoms with Crippen molar-refractivity contribution in [2.24, 2.45) is 0 Å². The fourth-order valence-electron chi connectivity index (χ4n) is 4.11. The third-order valence-corrected chi connectivity index (χ3v) is 10.4. The second-order valence-electron chi connectivity index (χ2n) is 9.29. The van der Waals surface area contributed by atoms with Gasteiger partial charge >= 0.3 is 34.8 Å². The molecule has 27 heteroatoms. The molecule has 9 N–H and O–H groups in total. The molecule has 0 aliphatic carbocycles. The van der Waals surface area contributed by atoms with Gasteiger partial charge in [0.15, 0.2) is 12.5 Å². The highest BCUT2D eigenvalue weighted by Gasteiger charge is 2.48. The predicted molar refractivity (Wildman–Crippen MR) is 138 cm³/mol. The smallest absolute Gasteiger partial charge is 0.387 e. The van der Waals surface area contributed by atoms with Crippen molar-refractivity contribution in [3.63, 3.8) is 0 Å². The van der Waals surface area contributed by atoms with Crippen LogP contribution in [0.25, 0.3) is 0 Å². The zero-order chi connectivity index (χ0) is 33.5. The lowest BCUT2D eigenvalue weighted by Gasteiger charge is -2.21. The molecule has 45 heavy (non-hydrogen) atoms. The van der Waals surface area contributed by atoms with E-state index in [0.717, 1.165) is 24.5 Å². The molecule has 5 unspecified atom stereocenters. The van der Waals surface area contributed by atoms with Crippen LogP contribution in [0.5, 0.6) is 0 Å². The van der Waals surface area contributed by atoms with E-state index in [4.69, 9.17) is 9.47 Å². The zero-order valence-electron chi connectivity index (χ0n) is 22.0. The highest BCUT2D eigenvalue weighted by molar-refractivity contribution is 7.66. The number of phosphoric ester groups is 2. The van der Waals surface area contributed by atoms with Gasteiger partial charge in [-0.25, -0.2) is 23.3 Å². The minimum Gasteiger partial charge on any atom is -0.387 e. The largest absolute Gasteiger partial charge is 0.490 e. The molecule has 0 saturated carbocycles. The average molecular weight is 710 g/mol. The summed E-state index contributed by atoms with van der Waals surface area (Å²) in [5.41, 5.74) is -3.65. The summed E-state index contributed by atoms with van der Waals surface area (Å²) in [5.74, 6) is 0. The van der Waals surface area contributed by atoms with E-state index in [9.17, 15) is 68.0 Å². The normalized spacial score (nSPS) is 32.5. The van der Waals surface area contributed by atoms with Gasteiger partial charge in [0.05, 0.1) is 13.2 Å². The van der Waals surface area contributed by atoms with Gasteiger partial charge in [0.2, 0.25) is 0 Å². The van der Waals surface area contributed by atoms with Crippen molar-refractivity contribution >= 4 is 23.5 Å². The number of phosphoric acid groups is 3. The summed E-state index contributed by atoms with van der Waals surface area (Å²) in [6, 6.07) is 1.79. The first-order valence-corrected chi connectivity index (χ1v) is 16.6. The Morgan fingerprint density at radius 3 is 1.33 bits per heavy atom. The highest BCUT2D eigenvalue weighted by atomic mass is 31.3. The fraction of sp³-hybridized carbons (Fsp3) is 0.556. The molecule has 0 aromatic carbocycles. The molecular formula is C18H25N4O20P3. The van der Waals surface area contributed by atoms with Gasteiger partial charge in [-0.3, -0.25) is 37.7 Å². The number of nitrogens with one attached hydrogen (secondary N) is 2. The molecule has 2 saturated heterocycles. The molecule has 4 rings (SSSR count). The van der Waals surface area contributed by atoms with E-state index in [1.807, 2.05) is 9.97 Å². The number of aliphatic hydroxyl groups excluding tert-OH is 4. The number of aliphatic hydroxyl groups is 4. The monoisotopic (exact) mass is 710 g/mol. The van der Waals surface area contributed by atoms with Crippen LogP contribution in [-0.4, -0.2) is 104 Å². The molecule has 2 fully saturated rings. The van der Waals surface area contributed by atoms with E-state index < -0.39 is 108 Å². The first-order chi connectivity index (χ1) is 20.8. The lowest BCUT2D eigenvalue weighted by molar-refractivity contribution is -0.0549. The van der Waals surface area contributed by atoms with Gasteiger partial charge in [0.1, 0.15) is 36.6 Å². The van der Waals surface area contributed by atoms with Crippen molar-refractivity contribution in [3.05, 3.63) is 66.2 Å². The number of rotatable bonds is 12. The third kappa shape index (κ3) is 8.47. The van der Waals surface area contributed by atoms with E-state index >= 15 is 0 Å². The van der Waals surface area contributed by atoms with E-state index in [-0.39, 0.29) is 0 Å². The summed E-state index contributed by atoms with van der Waals surface area (Å²) in [6.45, 7) is -2.26. The van der Waals surface area contributed by atoms with Gasteiger partial charge in [-0.2, -0.15) is 8.62 Å². The fourth-order valence-corrected chi connectivity index (χ4v) is 7.63. The molecule has 0 spiro atoms. The lowest BCUT2D eigenvalue weighted by atomic mass is 10.1. The summed E-state index contributed by atoms with van der Waals surface area (Å²) >= 11 is 0. The van der Waals surface area contributed by atoms with Crippen LogP contribution in [0, 0.1) is 0 Å². The molecule has 2 aliphatic rings. The Kier molecular flexibility index (Phi) is 10.5. The zero-order valence-corrected chi connectivity index (χ0v) is 24.7. The molecule has 0 radical (unpaired) electrons. The van der Waals surface area contributed by atoms with Crippen LogP contribution >= 0.6 is 23.5 Å². The maximum absolute atomic E-state index is 12.2. The van der Waals surface area contributed by atoms with Gasteiger partial charge in [0, 0.05) is 24.5 Å².